The molecule has 0 aromatic heterocycles. The van der Waals surface area contributed by atoms with Crippen LogP contribution < -0.4 is 15.8 Å². The van der Waals surface area contributed by atoms with Gasteiger partial charge < -0.3 is 15.8 Å². The number of ether oxygens (including phenoxy) is 1. The summed E-state index contributed by atoms with van der Waals surface area (Å²) in [4.78, 5) is 0. The first kappa shape index (κ1) is 12.4. The summed E-state index contributed by atoms with van der Waals surface area (Å²) < 4.78 is 5.46. The molecule has 1 aliphatic rings. The van der Waals surface area contributed by atoms with E-state index in [0.717, 1.165) is 25.0 Å². The second-order valence-corrected chi connectivity index (χ2v) is 4.88. The van der Waals surface area contributed by atoms with Gasteiger partial charge in [-0.05, 0) is 37.9 Å². The van der Waals surface area contributed by atoms with Gasteiger partial charge in [-0.1, -0.05) is 19.1 Å². The first-order valence-electron chi connectivity index (χ1n) is 6.27. The molecule has 1 aromatic carbocycles. The van der Waals surface area contributed by atoms with E-state index in [9.17, 15) is 0 Å². The van der Waals surface area contributed by atoms with Crippen LogP contribution in [0.15, 0.2) is 18.2 Å². The highest BCUT2D eigenvalue weighted by Crippen LogP contribution is 2.45. The molecule has 1 unspecified atom stereocenters. The van der Waals surface area contributed by atoms with Crippen LogP contribution >= 0.6 is 0 Å². The molecular formula is C14H22N2O. The van der Waals surface area contributed by atoms with Crippen LogP contribution in [0.1, 0.15) is 36.9 Å². The third kappa shape index (κ3) is 2.31. The molecule has 0 aliphatic heterocycles. The molecule has 3 heteroatoms. The molecule has 0 saturated heterocycles. The van der Waals surface area contributed by atoms with E-state index in [1.807, 2.05) is 13.1 Å². The highest BCUT2D eigenvalue weighted by atomic mass is 16.5. The summed E-state index contributed by atoms with van der Waals surface area (Å²) in [5.74, 6) is 0.929. The fourth-order valence-electron chi connectivity index (χ4n) is 2.41. The molecule has 0 radical (unpaired) electrons. The summed E-state index contributed by atoms with van der Waals surface area (Å²) in [5.41, 5.74) is 8.76. The van der Waals surface area contributed by atoms with Crippen molar-refractivity contribution in [3.63, 3.8) is 0 Å². The Labute approximate surface area is 103 Å². The van der Waals surface area contributed by atoms with E-state index in [1.54, 1.807) is 7.11 Å². The van der Waals surface area contributed by atoms with E-state index in [1.165, 1.54) is 11.1 Å². The number of likely N-dealkylation sites (N-methyl/N-ethyl adjacent to an activating group) is 1. The van der Waals surface area contributed by atoms with Crippen molar-refractivity contribution in [3.8, 4) is 5.75 Å². The van der Waals surface area contributed by atoms with Gasteiger partial charge in [0.2, 0.25) is 0 Å². The van der Waals surface area contributed by atoms with Crippen LogP contribution in [0.2, 0.25) is 0 Å². The van der Waals surface area contributed by atoms with Crippen LogP contribution in [0, 0.1) is 0 Å². The van der Waals surface area contributed by atoms with Gasteiger partial charge in [0, 0.05) is 11.1 Å². The van der Waals surface area contributed by atoms with Crippen molar-refractivity contribution in [1.29, 1.82) is 0 Å². The number of aryl methyl sites for hydroxylation is 1. The van der Waals surface area contributed by atoms with Crippen LogP contribution in [0.5, 0.6) is 5.75 Å². The summed E-state index contributed by atoms with van der Waals surface area (Å²) in [6.45, 7) is 2.16. The Morgan fingerprint density at radius 3 is 2.65 bits per heavy atom. The molecule has 1 aliphatic carbocycles. The molecule has 0 amide bonds. The average Bonchev–Trinajstić information content (AvgIpc) is 3.08. The number of nitrogens with two attached hydrogens (primary N) is 1. The molecule has 3 nitrogen and oxygen atoms in total. The summed E-state index contributed by atoms with van der Waals surface area (Å²) in [6, 6.07) is 6.56. The third-order valence-electron chi connectivity index (χ3n) is 3.70. The van der Waals surface area contributed by atoms with Crippen LogP contribution in [0.3, 0.4) is 0 Å². The van der Waals surface area contributed by atoms with Gasteiger partial charge in [0.1, 0.15) is 5.75 Å². The topological polar surface area (TPSA) is 47.3 Å². The number of nitrogens with one attached hydrogen (secondary N) is 1. The maximum absolute atomic E-state index is 6.33. The standard InChI is InChI=1S/C14H22N2O/c1-4-10-5-6-12(17-3)11(9-10)13(16-2)14(15)7-8-14/h5-6,9,13,16H,4,7-8,15H2,1-3H3. The van der Waals surface area contributed by atoms with Crippen molar-refractivity contribution in [2.24, 2.45) is 5.73 Å². The van der Waals surface area contributed by atoms with Crippen LogP contribution in [0.25, 0.3) is 0 Å². The first-order valence-corrected chi connectivity index (χ1v) is 6.27. The second-order valence-electron chi connectivity index (χ2n) is 4.88. The van der Waals surface area contributed by atoms with Crippen molar-refractivity contribution in [2.45, 2.75) is 37.8 Å². The summed E-state index contributed by atoms with van der Waals surface area (Å²) >= 11 is 0. The monoisotopic (exact) mass is 234 g/mol. The Hall–Kier alpha value is -1.06. The summed E-state index contributed by atoms with van der Waals surface area (Å²) in [5, 5.41) is 3.34. The molecule has 1 atom stereocenters. The molecule has 94 valence electrons. The second kappa shape index (κ2) is 4.67. The summed E-state index contributed by atoms with van der Waals surface area (Å²) in [6.07, 6.45) is 3.20. The van der Waals surface area contributed by atoms with Crippen LogP contribution in [0.4, 0.5) is 0 Å². The van der Waals surface area contributed by atoms with Crippen molar-refractivity contribution in [3.05, 3.63) is 29.3 Å². The smallest absolute Gasteiger partial charge is 0.123 e. The number of rotatable bonds is 5. The number of hydrogen-bond donors (Lipinski definition) is 2. The lowest BCUT2D eigenvalue weighted by molar-refractivity contribution is 0.386. The Kier molecular flexibility index (Phi) is 3.40. The van der Waals surface area contributed by atoms with Gasteiger partial charge >= 0.3 is 0 Å². The van der Waals surface area contributed by atoms with Crippen molar-refractivity contribution < 1.29 is 4.74 Å². The predicted molar refractivity (Wildman–Crippen MR) is 70.3 cm³/mol. The summed E-state index contributed by atoms with van der Waals surface area (Å²) in [7, 11) is 3.68. The fraction of sp³-hybridized carbons (Fsp3) is 0.571. The van der Waals surface area contributed by atoms with Gasteiger partial charge in [-0.25, -0.2) is 0 Å². The molecule has 17 heavy (non-hydrogen) atoms. The highest BCUT2D eigenvalue weighted by molar-refractivity contribution is 5.42. The lowest BCUT2D eigenvalue weighted by Crippen LogP contribution is -2.38. The minimum atomic E-state index is -0.0889. The normalized spacial score (nSPS) is 18.8. The maximum atomic E-state index is 6.33. The molecule has 2 rings (SSSR count). The van der Waals surface area contributed by atoms with E-state index in [4.69, 9.17) is 10.5 Å². The van der Waals surface area contributed by atoms with Crippen molar-refractivity contribution >= 4 is 0 Å². The third-order valence-corrected chi connectivity index (χ3v) is 3.70. The largest absolute Gasteiger partial charge is 0.496 e. The van der Waals surface area contributed by atoms with Gasteiger partial charge in [0.05, 0.1) is 13.2 Å². The predicted octanol–water partition coefficient (Wildman–Crippen LogP) is 2.01. The zero-order valence-corrected chi connectivity index (χ0v) is 10.9. The lowest BCUT2D eigenvalue weighted by Gasteiger charge is -2.25. The van der Waals surface area contributed by atoms with E-state index >= 15 is 0 Å². The van der Waals surface area contributed by atoms with Gasteiger partial charge in [0.15, 0.2) is 0 Å². The quantitative estimate of drug-likeness (QED) is 0.819. The maximum Gasteiger partial charge on any atom is 0.123 e. The van der Waals surface area contributed by atoms with Gasteiger partial charge in [-0.15, -0.1) is 0 Å². The number of hydrogen-bond acceptors (Lipinski definition) is 3. The van der Waals surface area contributed by atoms with E-state index in [2.05, 4.69) is 24.4 Å². The molecule has 1 aromatic rings. The minimum absolute atomic E-state index is 0.0889. The van der Waals surface area contributed by atoms with Gasteiger partial charge in [-0.2, -0.15) is 0 Å². The van der Waals surface area contributed by atoms with Crippen LogP contribution in [-0.4, -0.2) is 19.7 Å². The number of methoxy groups -OCH3 is 1. The van der Waals surface area contributed by atoms with E-state index in [-0.39, 0.29) is 11.6 Å². The van der Waals surface area contributed by atoms with Crippen molar-refractivity contribution in [2.75, 3.05) is 14.2 Å². The Balaban J connectivity index is 2.39. The molecule has 1 fully saturated rings. The first-order chi connectivity index (χ1) is 8.14. The molecule has 0 heterocycles. The fourth-order valence-corrected chi connectivity index (χ4v) is 2.41. The van der Waals surface area contributed by atoms with Crippen LogP contribution in [-0.2, 0) is 6.42 Å². The Bertz CT molecular complexity index is 399. The van der Waals surface area contributed by atoms with Crippen molar-refractivity contribution in [1.82, 2.24) is 5.32 Å². The molecule has 0 spiro atoms. The lowest BCUT2D eigenvalue weighted by atomic mass is 9.95. The van der Waals surface area contributed by atoms with Gasteiger partial charge in [0.25, 0.3) is 0 Å². The average molecular weight is 234 g/mol. The zero-order chi connectivity index (χ0) is 12.5. The Morgan fingerprint density at radius 1 is 1.47 bits per heavy atom. The van der Waals surface area contributed by atoms with E-state index < -0.39 is 0 Å². The molecular weight excluding hydrogens is 212 g/mol. The van der Waals surface area contributed by atoms with Gasteiger partial charge in [-0.3, -0.25) is 0 Å². The zero-order valence-electron chi connectivity index (χ0n) is 10.9. The highest BCUT2D eigenvalue weighted by Gasteiger charge is 2.46. The molecule has 0 bridgehead atoms. The number of benzene rings is 1. The molecule has 1 saturated carbocycles. The molecule has 3 N–H and O–H groups in total. The minimum Gasteiger partial charge on any atom is -0.496 e. The Morgan fingerprint density at radius 2 is 2.18 bits per heavy atom. The van der Waals surface area contributed by atoms with E-state index in [0.29, 0.717) is 0 Å². The SMILES string of the molecule is CCc1ccc(OC)c(C(NC)C2(N)CC2)c1.